The van der Waals surface area contributed by atoms with E-state index in [1.165, 1.54) is 4.90 Å². The van der Waals surface area contributed by atoms with Gasteiger partial charge in [-0.2, -0.15) is 0 Å². The lowest BCUT2D eigenvalue weighted by atomic mass is 10.1. The van der Waals surface area contributed by atoms with Gasteiger partial charge in [-0.1, -0.05) is 30.3 Å². The van der Waals surface area contributed by atoms with Crippen molar-refractivity contribution in [3.63, 3.8) is 0 Å². The fourth-order valence-electron chi connectivity index (χ4n) is 3.16. The van der Waals surface area contributed by atoms with Crippen LogP contribution in [0.4, 0.5) is 16.3 Å². The highest BCUT2D eigenvalue weighted by Crippen LogP contribution is 2.24. The van der Waals surface area contributed by atoms with Crippen molar-refractivity contribution in [2.45, 2.75) is 13.1 Å². The lowest BCUT2D eigenvalue weighted by Crippen LogP contribution is -2.29. The molecule has 0 radical (unpaired) electrons. The van der Waals surface area contributed by atoms with Crippen molar-refractivity contribution < 1.29 is 14.4 Å². The van der Waals surface area contributed by atoms with Crippen molar-refractivity contribution >= 4 is 29.4 Å². The van der Waals surface area contributed by atoms with Crippen molar-refractivity contribution in [2.24, 2.45) is 0 Å². The largest absolute Gasteiger partial charge is 0.384 e. The third-order valence-corrected chi connectivity index (χ3v) is 4.73. The molecule has 0 bridgehead atoms. The number of benzene rings is 2. The van der Waals surface area contributed by atoms with Gasteiger partial charge in [-0.3, -0.25) is 14.5 Å². The molecule has 0 spiro atoms. The topological polar surface area (TPSA) is 117 Å². The van der Waals surface area contributed by atoms with Gasteiger partial charge in [0.05, 0.1) is 17.7 Å². The number of anilines is 2. The molecule has 4 amide bonds. The van der Waals surface area contributed by atoms with Gasteiger partial charge in [0, 0.05) is 18.4 Å². The Morgan fingerprint density at radius 2 is 1.53 bits per heavy atom. The Bertz CT molecular complexity index is 1080. The van der Waals surface area contributed by atoms with E-state index in [4.69, 9.17) is 5.73 Å². The number of nitrogens with one attached hydrogen (secondary N) is 2. The van der Waals surface area contributed by atoms with E-state index in [0.29, 0.717) is 29.2 Å². The molecular formula is C22H19N5O3. The number of nitrogens with zero attached hydrogens (tertiary/aromatic N) is 2. The molecule has 3 aromatic rings. The summed E-state index contributed by atoms with van der Waals surface area (Å²) in [7, 11) is 0. The van der Waals surface area contributed by atoms with Crippen LogP contribution in [0.15, 0.2) is 66.9 Å². The summed E-state index contributed by atoms with van der Waals surface area (Å²) < 4.78 is 0. The zero-order chi connectivity index (χ0) is 21.1. The average molecular weight is 401 g/mol. The minimum atomic E-state index is -0.361. The Balaban J connectivity index is 1.33. The molecule has 2 heterocycles. The van der Waals surface area contributed by atoms with Gasteiger partial charge in [0.2, 0.25) is 0 Å². The number of fused-ring (bicyclic) bond motifs is 1. The summed E-state index contributed by atoms with van der Waals surface area (Å²) in [5.74, 6) is -0.173. The number of imide groups is 1. The Labute approximate surface area is 172 Å². The highest BCUT2D eigenvalue weighted by atomic mass is 16.2. The molecule has 150 valence electrons. The summed E-state index contributed by atoms with van der Waals surface area (Å²) in [4.78, 5) is 42.2. The van der Waals surface area contributed by atoms with Crippen LogP contribution in [0, 0.1) is 0 Å². The van der Waals surface area contributed by atoms with E-state index >= 15 is 0 Å². The first-order chi connectivity index (χ1) is 14.5. The van der Waals surface area contributed by atoms with Crippen LogP contribution >= 0.6 is 0 Å². The second-order valence-electron chi connectivity index (χ2n) is 6.84. The summed E-state index contributed by atoms with van der Waals surface area (Å²) in [6.45, 7) is 0.486. The standard InChI is InChI=1S/C22H19N5O3/c23-19-10-7-15(11-24-19)12-25-22(30)26-16-8-5-14(6-9-16)13-27-20(28)17-3-1-2-4-18(17)21(27)29/h1-11H,12-13H2,(H2,23,24)(H2,25,26,30). The Morgan fingerprint density at radius 1 is 0.900 bits per heavy atom. The van der Waals surface area contributed by atoms with Crippen molar-refractivity contribution in [1.29, 1.82) is 0 Å². The monoisotopic (exact) mass is 401 g/mol. The third-order valence-electron chi connectivity index (χ3n) is 4.73. The van der Waals surface area contributed by atoms with Crippen LogP contribution in [0.2, 0.25) is 0 Å². The molecule has 0 aliphatic carbocycles. The van der Waals surface area contributed by atoms with E-state index in [1.54, 1.807) is 66.9 Å². The number of pyridine rings is 1. The molecule has 0 atom stereocenters. The number of aromatic nitrogens is 1. The third kappa shape index (κ3) is 3.97. The summed E-state index contributed by atoms with van der Waals surface area (Å²) in [6.07, 6.45) is 1.60. The normalized spacial score (nSPS) is 12.6. The van der Waals surface area contributed by atoms with Crippen LogP contribution in [-0.4, -0.2) is 27.7 Å². The molecule has 0 saturated carbocycles. The molecule has 0 fully saturated rings. The molecule has 4 N–H and O–H groups in total. The highest BCUT2D eigenvalue weighted by molar-refractivity contribution is 6.21. The number of amides is 4. The lowest BCUT2D eigenvalue weighted by Gasteiger charge is -2.14. The maximum absolute atomic E-state index is 12.5. The van der Waals surface area contributed by atoms with Gasteiger partial charge in [0.1, 0.15) is 5.82 Å². The van der Waals surface area contributed by atoms with Gasteiger partial charge in [-0.15, -0.1) is 0 Å². The molecular weight excluding hydrogens is 382 g/mol. The average Bonchev–Trinajstić information content (AvgIpc) is 3.00. The summed E-state index contributed by atoms with van der Waals surface area (Å²) >= 11 is 0. The SMILES string of the molecule is Nc1ccc(CNC(=O)Nc2ccc(CN3C(=O)c4ccccc4C3=O)cc2)cn1. The van der Waals surface area contributed by atoms with E-state index in [9.17, 15) is 14.4 Å². The summed E-state index contributed by atoms with van der Waals surface area (Å²) in [5.41, 5.74) is 8.59. The van der Waals surface area contributed by atoms with Crippen molar-refractivity contribution in [3.8, 4) is 0 Å². The smallest absolute Gasteiger partial charge is 0.319 e. The van der Waals surface area contributed by atoms with Gasteiger partial charge in [0.15, 0.2) is 0 Å². The van der Waals surface area contributed by atoms with Gasteiger partial charge in [-0.05, 0) is 41.5 Å². The Kier molecular flexibility index (Phi) is 5.13. The van der Waals surface area contributed by atoms with Crippen molar-refractivity contribution in [3.05, 3.63) is 89.1 Å². The lowest BCUT2D eigenvalue weighted by molar-refractivity contribution is 0.0642. The predicted molar refractivity (Wildman–Crippen MR) is 112 cm³/mol. The van der Waals surface area contributed by atoms with Crippen LogP contribution < -0.4 is 16.4 Å². The molecule has 4 rings (SSSR count). The van der Waals surface area contributed by atoms with Gasteiger partial charge < -0.3 is 16.4 Å². The maximum atomic E-state index is 12.5. The fraction of sp³-hybridized carbons (Fsp3) is 0.0909. The molecule has 1 aliphatic rings. The van der Waals surface area contributed by atoms with E-state index in [-0.39, 0.29) is 24.4 Å². The van der Waals surface area contributed by atoms with Gasteiger partial charge in [-0.25, -0.2) is 9.78 Å². The quantitative estimate of drug-likeness (QED) is 0.568. The number of nitrogen functional groups attached to an aromatic ring is 1. The number of carbonyl (C=O) groups is 3. The minimum absolute atomic E-state index is 0.170. The zero-order valence-electron chi connectivity index (χ0n) is 16.0. The van der Waals surface area contributed by atoms with Crippen LogP contribution in [0.3, 0.4) is 0 Å². The second-order valence-corrected chi connectivity index (χ2v) is 6.84. The Morgan fingerprint density at radius 3 is 2.13 bits per heavy atom. The molecule has 1 aromatic heterocycles. The van der Waals surface area contributed by atoms with Gasteiger partial charge >= 0.3 is 6.03 Å². The first kappa shape index (κ1) is 19.1. The maximum Gasteiger partial charge on any atom is 0.319 e. The van der Waals surface area contributed by atoms with Crippen LogP contribution in [0.25, 0.3) is 0 Å². The number of carbonyl (C=O) groups excluding carboxylic acids is 3. The number of urea groups is 1. The molecule has 1 aliphatic heterocycles. The molecule has 0 unspecified atom stereocenters. The van der Waals surface area contributed by atoms with Gasteiger partial charge in [0.25, 0.3) is 11.8 Å². The second kappa shape index (κ2) is 8.04. The molecule has 8 heteroatoms. The molecule has 8 nitrogen and oxygen atoms in total. The predicted octanol–water partition coefficient (Wildman–Crippen LogP) is 2.78. The first-order valence-electron chi connectivity index (χ1n) is 9.31. The number of nitrogens with two attached hydrogens (primary N) is 1. The number of hydrogen-bond donors (Lipinski definition) is 3. The number of hydrogen-bond acceptors (Lipinski definition) is 5. The van der Waals surface area contributed by atoms with Crippen molar-refractivity contribution in [2.75, 3.05) is 11.1 Å². The van der Waals surface area contributed by atoms with Crippen LogP contribution in [0.5, 0.6) is 0 Å². The zero-order valence-corrected chi connectivity index (χ0v) is 16.0. The van der Waals surface area contributed by atoms with Crippen LogP contribution in [-0.2, 0) is 13.1 Å². The number of rotatable bonds is 5. The fourth-order valence-corrected chi connectivity index (χ4v) is 3.16. The van der Waals surface area contributed by atoms with E-state index in [0.717, 1.165) is 11.1 Å². The summed E-state index contributed by atoms with van der Waals surface area (Å²) in [6, 6.07) is 16.9. The minimum Gasteiger partial charge on any atom is -0.384 e. The first-order valence-corrected chi connectivity index (χ1v) is 9.31. The molecule has 30 heavy (non-hydrogen) atoms. The highest BCUT2D eigenvalue weighted by Gasteiger charge is 2.34. The molecule has 0 saturated heterocycles. The van der Waals surface area contributed by atoms with Crippen LogP contribution in [0.1, 0.15) is 31.8 Å². The Hall–Kier alpha value is -4.20. The summed E-state index contributed by atoms with van der Waals surface area (Å²) in [5, 5.41) is 5.47. The van der Waals surface area contributed by atoms with E-state index in [2.05, 4.69) is 15.6 Å². The van der Waals surface area contributed by atoms with E-state index in [1.807, 2.05) is 0 Å². The molecule has 2 aromatic carbocycles. The van der Waals surface area contributed by atoms with E-state index < -0.39 is 0 Å². The van der Waals surface area contributed by atoms with Crippen molar-refractivity contribution in [1.82, 2.24) is 15.2 Å².